The second kappa shape index (κ2) is 24.8. The summed E-state index contributed by atoms with van der Waals surface area (Å²) in [5, 5.41) is 30.8. The summed E-state index contributed by atoms with van der Waals surface area (Å²) >= 11 is 0. The molecule has 0 heterocycles. The number of unbranched alkanes of at least 4 members (excludes halogenated alkanes) is 1. The van der Waals surface area contributed by atoms with Gasteiger partial charge in [-0.1, -0.05) is 198 Å². The Hall–Kier alpha value is -6.86. The van der Waals surface area contributed by atoms with Crippen molar-refractivity contribution in [3.63, 3.8) is 0 Å². The van der Waals surface area contributed by atoms with Crippen molar-refractivity contribution >= 4 is 11.1 Å². The molecule has 0 bridgehead atoms. The lowest BCUT2D eigenvalue weighted by atomic mass is 9.98. The van der Waals surface area contributed by atoms with E-state index in [0.29, 0.717) is 49.9 Å². The number of phenolic OH excluding ortho intramolecular Hbond substituents is 2. The van der Waals surface area contributed by atoms with Crippen LogP contribution >= 0.6 is 0 Å². The van der Waals surface area contributed by atoms with E-state index in [2.05, 4.69) is 86.2 Å². The number of ether oxygens (including phenoxy) is 2. The highest BCUT2D eigenvalue weighted by atomic mass is 16.5. The molecule has 6 aromatic carbocycles. The number of phenols is 2. The molecule has 0 aliphatic rings. The van der Waals surface area contributed by atoms with Crippen LogP contribution in [0.2, 0.25) is 0 Å². The molecule has 0 aromatic heterocycles. The van der Waals surface area contributed by atoms with E-state index in [-0.39, 0.29) is 17.5 Å². The second-order valence-corrected chi connectivity index (χ2v) is 16.0. The van der Waals surface area contributed by atoms with E-state index >= 15 is 0 Å². The number of aromatic hydroxyl groups is 2. The van der Waals surface area contributed by atoms with Crippen LogP contribution in [0.1, 0.15) is 79.8 Å². The molecule has 0 radical (unpaired) electrons. The molecule has 6 aromatic rings. The van der Waals surface area contributed by atoms with Gasteiger partial charge in [0.2, 0.25) is 0 Å². The summed E-state index contributed by atoms with van der Waals surface area (Å²) in [7, 11) is 0. The lowest BCUT2D eigenvalue weighted by Gasteiger charge is -2.21. The molecule has 0 amide bonds. The van der Waals surface area contributed by atoms with Crippen molar-refractivity contribution in [3.8, 4) is 45.3 Å². The van der Waals surface area contributed by atoms with E-state index in [0.717, 1.165) is 81.3 Å². The average molecular weight is 865 g/mol. The van der Waals surface area contributed by atoms with E-state index in [4.69, 9.17) is 9.47 Å². The van der Waals surface area contributed by atoms with Crippen molar-refractivity contribution < 1.29 is 19.7 Å². The maximum atomic E-state index is 11.8. The Morgan fingerprint density at radius 3 is 1.66 bits per heavy atom. The number of rotatable bonds is 24. The lowest BCUT2D eigenvalue weighted by Crippen LogP contribution is -2.38. The Balaban J connectivity index is 1.12. The summed E-state index contributed by atoms with van der Waals surface area (Å²) in [5.74, 6) is 1.85. The van der Waals surface area contributed by atoms with Gasteiger partial charge in [-0.25, -0.2) is 0 Å². The standard InChI is InChI=1S/C59H64N2O4/c1-6-11-29-49(40-60-38-45-27-20-34-54(58(45)62)52-32-16-18-36-56(52)64-41-47-25-12-14-30-50(47)43(10-5)22-7-2)61-39-46-28-21-35-55(59(46)63)53-33-17-19-37-57(53)65-42-48-26-13-15-31-51(48)44(23-8-3)24-9-4/h7-8,10,12-28,30-37,49,60-63H,2,5-6,9,11,29,38-42H2,1,3-4H3/b23-8-,43-22+,44-24+/t49-/m0/s1. The Labute approximate surface area is 387 Å². The number of hydrogen-bond acceptors (Lipinski definition) is 6. The Morgan fingerprint density at radius 1 is 0.615 bits per heavy atom. The zero-order valence-corrected chi connectivity index (χ0v) is 38.2. The highest BCUT2D eigenvalue weighted by Crippen LogP contribution is 2.40. The van der Waals surface area contributed by atoms with Gasteiger partial charge in [0, 0.05) is 59.1 Å². The fourth-order valence-corrected chi connectivity index (χ4v) is 8.12. The highest BCUT2D eigenvalue weighted by Gasteiger charge is 2.18. The maximum Gasteiger partial charge on any atom is 0.128 e. The van der Waals surface area contributed by atoms with Gasteiger partial charge in [0.1, 0.15) is 36.2 Å². The summed E-state index contributed by atoms with van der Waals surface area (Å²) in [5.41, 5.74) is 11.2. The predicted octanol–water partition coefficient (Wildman–Crippen LogP) is 14.2. The minimum Gasteiger partial charge on any atom is -0.507 e. The zero-order valence-electron chi connectivity index (χ0n) is 38.2. The molecular formula is C59H64N2O4. The van der Waals surface area contributed by atoms with Crippen molar-refractivity contribution in [2.24, 2.45) is 0 Å². The first kappa shape index (κ1) is 47.6. The Bertz CT molecular complexity index is 2600. The summed E-state index contributed by atoms with van der Waals surface area (Å²) in [6, 6.07) is 44.1. The molecular weight excluding hydrogens is 801 g/mol. The molecule has 6 nitrogen and oxygen atoms in total. The molecule has 0 aliphatic heterocycles. The van der Waals surface area contributed by atoms with Crippen molar-refractivity contribution in [1.82, 2.24) is 10.6 Å². The number of para-hydroxylation sites is 4. The predicted molar refractivity (Wildman–Crippen MR) is 272 cm³/mol. The number of hydrogen-bond donors (Lipinski definition) is 4. The molecule has 0 saturated heterocycles. The van der Waals surface area contributed by atoms with Crippen LogP contribution in [-0.2, 0) is 26.3 Å². The van der Waals surface area contributed by atoms with Crippen LogP contribution in [0.15, 0.2) is 183 Å². The van der Waals surface area contributed by atoms with Gasteiger partial charge >= 0.3 is 0 Å². The monoisotopic (exact) mass is 864 g/mol. The minimum atomic E-state index is 0.133. The molecule has 0 spiro atoms. The molecule has 334 valence electrons. The van der Waals surface area contributed by atoms with Gasteiger partial charge in [-0.2, -0.15) is 0 Å². The summed E-state index contributed by atoms with van der Waals surface area (Å²) in [6.45, 7) is 16.6. The molecule has 6 heteroatoms. The first-order valence-corrected chi connectivity index (χ1v) is 22.8. The molecule has 65 heavy (non-hydrogen) atoms. The average Bonchev–Trinajstić information content (AvgIpc) is 3.34. The van der Waals surface area contributed by atoms with Gasteiger partial charge in [-0.15, -0.1) is 0 Å². The zero-order chi connectivity index (χ0) is 45.8. The van der Waals surface area contributed by atoms with Crippen LogP contribution in [0, 0.1) is 0 Å². The van der Waals surface area contributed by atoms with Crippen LogP contribution < -0.4 is 20.1 Å². The molecule has 4 N–H and O–H groups in total. The molecule has 0 saturated carbocycles. The van der Waals surface area contributed by atoms with Crippen molar-refractivity contribution in [2.45, 2.75) is 78.8 Å². The van der Waals surface area contributed by atoms with Crippen LogP contribution in [0.5, 0.6) is 23.0 Å². The van der Waals surface area contributed by atoms with Crippen LogP contribution in [0.25, 0.3) is 33.4 Å². The van der Waals surface area contributed by atoms with Gasteiger partial charge < -0.3 is 30.3 Å². The van der Waals surface area contributed by atoms with Crippen molar-refractivity contribution in [3.05, 3.63) is 216 Å². The molecule has 0 fully saturated rings. The van der Waals surface area contributed by atoms with Crippen LogP contribution in [0.4, 0.5) is 0 Å². The van der Waals surface area contributed by atoms with Crippen molar-refractivity contribution in [2.75, 3.05) is 6.54 Å². The summed E-state index contributed by atoms with van der Waals surface area (Å²) < 4.78 is 13.0. The van der Waals surface area contributed by atoms with Crippen LogP contribution in [-0.4, -0.2) is 22.8 Å². The summed E-state index contributed by atoms with van der Waals surface area (Å²) in [4.78, 5) is 0. The minimum absolute atomic E-state index is 0.133. The fraction of sp³-hybridized carbons (Fsp3) is 0.220. The van der Waals surface area contributed by atoms with Gasteiger partial charge in [0.25, 0.3) is 0 Å². The molecule has 6 rings (SSSR count). The molecule has 0 unspecified atom stereocenters. The molecule has 0 aliphatic carbocycles. The smallest absolute Gasteiger partial charge is 0.128 e. The van der Waals surface area contributed by atoms with Gasteiger partial charge in [0.15, 0.2) is 0 Å². The molecule has 1 atom stereocenters. The Kier molecular flexibility index (Phi) is 18.2. The number of benzene rings is 6. The van der Waals surface area contributed by atoms with Gasteiger partial charge in [-0.3, -0.25) is 0 Å². The normalized spacial score (nSPS) is 12.3. The fourth-order valence-electron chi connectivity index (χ4n) is 8.12. The van der Waals surface area contributed by atoms with E-state index in [1.807, 2.05) is 122 Å². The van der Waals surface area contributed by atoms with E-state index in [9.17, 15) is 10.2 Å². The summed E-state index contributed by atoms with van der Waals surface area (Å²) in [6.07, 6.45) is 16.0. The lowest BCUT2D eigenvalue weighted by molar-refractivity contribution is 0.307. The van der Waals surface area contributed by atoms with Gasteiger partial charge in [0.05, 0.1) is 0 Å². The van der Waals surface area contributed by atoms with Gasteiger partial charge in [-0.05, 0) is 65.3 Å². The second-order valence-electron chi connectivity index (χ2n) is 16.0. The van der Waals surface area contributed by atoms with E-state index in [1.54, 1.807) is 6.08 Å². The largest absolute Gasteiger partial charge is 0.507 e. The third-order valence-electron chi connectivity index (χ3n) is 11.5. The topological polar surface area (TPSA) is 83.0 Å². The Morgan fingerprint density at radius 2 is 1.12 bits per heavy atom. The van der Waals surface area contributed by atoms with E-state index < -0.39 is 0 Å². The maximum absolute atomic E-state index is 11.8. The third-order valence-corrected chi connectivity index (χ3v) is 11.5. The quantitative estimate of drug-likeness (QED) is 0.0454. The van der Waals surface area contributed by atoms with E-state index in [1.165, 1.54) is 5.57 Å². The first-order valence-electron chi connectivity index (χ1n) is 22.8. The number of allylic oxidation sites excluding steroid dienone is 8. The van der Waals surface area contributed by atoms with Crippen LogP contribution in [0.3, 0.4) is 0 Å². The SMILES string of the molecule is C=C/C=C(\C=C)c1ccccc1COc1ccccc1-c1cccc(CNC[C@H](CCCC)NCc2cccc(-c3ccccc3OCc3ccccc3C(/C=C\C)=C/CC)c2O)c1O. The number of nitrogens with one attached hydrogen (secondary N) is 2. The first-order chi connectivity index (χ1) is 31.9. The third kappa shape index (κ3) is 12.7. The highest BCUT2D eigenvalue weighted by molar-refractivity contribution is 5.79. The van der Waals surface area contributed by atoms with Crippen molar-refractivity contribution in [1.29, 1.82) is 0 Å².